The normalized spacial score (nSPS) is 28.6. The first kappa shape index (κ1) is 21.5. The average molecular weight is 492 g/mol. The summed E-state index contributed by atoms with van der Waals surface area (Å²) >= 11 is 5.58. The molecule has 2 aromatic rings. The molecule has 8 nitrogen and oxygen atoms in total. The summed E-state index contributed by atoms with van der Waals surface area (Å²) in [4.78, 5) is 40.7. The van der Waals surface area contributed by atoms with Crippen LogP contribution < -0.4 is 10.7 Å². The highest BCUT2D eigenvalue weighted by atomic mass is 35.5. The number of aromatic nitrogens is 1. The number of carbonyl (C=O) groups excluding carboxylic acids is 2. The predicted molar refractivity (Wildman–Crippen MR) is 114 cm³/mol. The molecule has 2 saturated carbocycles. The van der Waals surface area contributed by atoms with E-state index < -0.39 is 45.4 Å². The van der Waals surface area contributed by atoms with Crippen molar-refractivity contribution in [1.82, 2.24) is 14.8 Å². The standard InChI is InChI=1S/C23H20ClF2N3O5/c24-16-14(25)3-2-10(17(16)26)8-27-21(32)12-9-28-15-7-11-6-13(11)23(15)29(4-1-5-34-23)22(33)18(28)20(31)19(12)30/h2-3,9,11,13,15,31H,1,4-8H2,(H,27,32)/t11?,13?,15-,23-/m0/s1. The number of amides is 2. The van der Waals surface area contributed by atoms with Gasteiger partial charge in [-0.15, -0.1) is 0 Å². The van der Waals surface area contributed by atoms with E-state index in [1.54, 1.807) is 4.90 Å². The van der Waals surface area contributed by atoms with Crippen LogP contribution in [0.2, 0.25) is 5.02 Å². The number of aromatic hydroxyl groups is 1. The molecule has 6 rings (SSSR count). The van der Waals surface area contributed by atoms with Gasteiger partial charge in [-0.3, -0.25) is 14.4 Å². The molecule has 2 amide bonds. The molecule has 4 atom stereocenters. The van der Waals surface area contributed by atoms with Crippen LogP contribution in [0, 0.1) is 23.5 Å². The van der Waals surface area contributed by atoms with Gasteiger partial charge in [0.05, 0.1) is 12.6 Å². The van der Waals surface area contributed by atoms with Gasteiger partial charge in [0.25, 0.3) is 11.8 Å². The third kappa shape index (κ3) is 2.75. The van der Waals surface area contributed by atoms with Crippen molar-refractivity contribution in [3.05, 3.63) is 62.0 Å². The maximum atomic E-state index is 14.2. The highest BCUT2D eigenvalue weighted by Gasteiger charge is 2.71. The molecule has 1 spiro atoms. The summed E-state index contributed by atoms with van der Waals surface area (Å²) < 4.78 is 35.3. The summed E-state index contributed by atoms with van der Waals surface area (Å²) in [5.74, 6) is -3.55. The molecule has 2 unspecified atom stereocenters. The molecule has 2 N–H and O–H groups in total. The molecule has 0 radical (unpaired) electrons. The summed E-state index contributed by atoms with van der Waals surface area (Å²) in [7, 11) is 0. The van der Waals surface area contributed by atoms with Gasteiger partial charge in [-0.2, -0.15) is 0 Å². The first-order valence-electron chi connectivity index (χ1n) is 11.1. The van der Waals surface area contributed by atoms with Crippen molar-refractivity contribution in [3.63, 3.8) is 0 Å². The second-order valence-electron chi connectivity index (χ2n) is 9.26. The van der Waals surface area contributed by atoms with Gasteiger partial charge in [0.2, 0.25) is 5.43 Å². The predicted octanol–water partition coefficient (Wildman–Crippen LogP) is 2.57. The fourth-order valence-electron chi connectivity index (χ4n) is 5.92. The Kier molecular flexibility index (Phi) is 4.60. The Hall–Kier alpha value is -2.98. The molecule has 178 valence electrons. The van der Waals surface area contributed by atoms with E-state index in [1.807, 2.05) is 0 Å². The van der Waals surface area contributed by atoms with Gasteiger partial charge in [0, 0.05) is 30.8 Å². The first-order chi connectivity index (χ1) is 16.3. The number of nitrogens with one attached hydrogen (secondary N) is 1. The highest BCUT2D eigenvalue weighted by molar-refractivity contribution is 6.30. The number of rotatable bonds is 3. The molecule has 3 fully saturated rings. The second kappa shape index (κ2) is 7.26. The van der Waals surface area contributed by atoms with Crippen molar-refractivity contribution < 1.29 is 28.2 Å². The van der Waals surface area contributed by atoms with E-state index >= 15 is 0 Å². The summed E-state index contributed by atoms with van der Waals surface area (Å²) in [6.07, 6.45) is 3.59. The van der Waals surface area contributed by atoms with E-state index in [4.69, 9.17) is 16.3 Å². The van der Waals surface area contributed by atoms with Gasteiger partial charge in [0.1, 0.15) is 22.2 Å². The number of hydrogen-bond acceptors (Lipinski definition) is 5. The van der Waals surface area contributed by atoms with E-state index in [0.29, 0.717) is 31.9 Å². The van der Waals surface area contributed by atoms with Crippen molar-refractivity contribution in [3.8, 4) is 5.75 Å². The van der Waals surface area contributed by atoms with Gasteiger partial charge in [-0.05, 0) is 31.2 Å². The van der Waals surface area contributed by atoms with Crippen LogP contribution in [0.15, 0.2) is 23.1 Å². The Morgan fingerprint density at radius 2 is 2.09 bits per heavy atom. The second-order valence-corrected chi connectivity index (χ2v) is 9.64. The van der Waals surface area contributed by atoms with E-state index in [0.717, 1.165) is 18.6 Å². The van der Waals surface area contributed by atoms with Crippen molar-refractivity contribution in [2.75, 3.05) is 13.2 Å². The number of benzene rings is 1. The monoisotopic (exact) mass is 491 g/mol. The molecule has 11 heteroatoms. The fourth-order valence-corrected chi connectivity index (χ4v) is 6.11. The van der Waals surface area contributed by atoms with Gasteiger partial charge >= 0.3 is 0 Å². The number of nitrogens with zero attached hydrogens (tertiary/aromatic N) is 2. The largest absolute Gasteiger partial charge is 0.503 e. The molecule has 3 heterocycles. The Labute approximate surface area is 197 Å². The molecular weight excluding hydrogens is 472 g/mol. The van der Waals surface area contributed by atoms with Crippen LogP contribution in [0.25, 0.3) is 0 Å². The molecule has 1 aromatic heterocycles. The average Bonchev–Trinajstić information content (AvgIpc) is 3.55. The lowest BCUT2D eigenvalue weighted by Gasteiger charge is -2.53. The lowest BCUT2D eigenvalue weighted by atomic mass is 9.92. The van der Waals surface area contributed by atoms with Gasteiger partial charge in [-0.1, -0.05) is 17.7 Å². The van der Waals surface area contributed by atoms with Gasteiger partial charge in [-0.25, -0.2) is 8.78 Å². The molecule has 2 aliphatic carbocycles. The lowest BCUT2D eigenvalue weighted by Crippen LogP contribution is -2.65. The van der Waals surface area contributed by atoms with Crippen LogP contribution in [0.5, 0.6) is 5.75 Å². The van der Waals surface area contributed by atoms with Crippen molar-refractivity contribution >= 4 is 23.4 Å². The third-order valence-corrected chi connectivity index (χ3v) is 7.88. The Morgan fingerprint density at radius 1 is 1.29 bits per heavy atom. The summed E-state index contributed by atoms with van der Waals surface area (Å²) in [5, 5.41) is 12.4. The molecular formula is C23H20ClF2N3O5. The molecule has 4 aliphatic rings. The highest BCUT2D eigenvalue weighted by Crippen LogP contribution is 2.66. The molecule has 1 saturated heterocycles. The number of pyridine rings is 1. The van der Waals surface area contributed by atoms with Crippen molar-refractivity contribution in [1.29, 1.82) is 0 Å². The zero-order valence-electron chi connectivity index (χ0n) is 17.8. The van der Waals surface area contributed by atoms with E-state index in [-0.39, 0.29) is 35.3 Å². The van der Waals surface area contributed by atoms with Gasteiger partial charge in [0.15, 0.2) is 17.2 Å². The first-order valence-corrected chi connectivity index (χ1v) is 11.5. The molecule has 0 bridgehead atoms. The summed E-state index contributed by atoms with van der Waals surface area (Å²) in [5.41, 5.74) is -2.44. The van der Waals surface area contributed by atoms with Gasteiger partial charge < -0.3 is 24.6 Å². The molecule has 34 heavy (non-hydrogen) atoms. The van der Waals surface area contributed by atoms with E-state index in [9.17, 15) is 28.3 Å². The molecule has 1 aromatic carbocycles. The van der Waals surface area contributed by atoms with Crippen LogP contribution in [0.3, 0.4) is 0 Å². The maximum absolute atomic E-state index is 14.2. The zero-order valence-corrected chi connectivity index (χ0v) is 18.6. The fraction of sp³-hybridized carbons (Fsp3) is 0.435. The number of hydrogen-bond donors (Lipinski definition) is 2. The maximum Gasteiger partial charge on any atom is 0.276 e. The number of fused-ring (bicyclic) bond motifs is 3. The number of ether oxygens (including phenoxy) is 1. The quantitative estimate of drug-likeness (QED) is 0.643. The number of halogens is 3. The van der Waals surface area contributed by atoms with Crippen LogP contribution >= 0.6 is 11.6 Å². The van der Waals surface area contributed by atoms with Crippen LogP contribution in [-0.4, -0.2) is 45.3 Å². The Morgan fingerprint density at radius 3 is 2.88 bits per heavy atom. The zero-order chi connectivity index (χ0) is 23.9. The van der Waals surface area contributed by atoms with Crippen molar-refractivity contribution in [2.45, 2.75) is 37.6 Å². The van der Waals surface area contributed by atoms with E-state index in [2.05, 4.69) is 5.32 Å². The van der Waals surface area contributed by atoms with Crippen LogP contribution in [-0.2, 0) is 11.3 Å². The Balaban J connectivity index is 1.37. The van der Waals surface area contributed by atoms with Crippen molar-refractivity contribution in [2.24, 2.45) is 11.8 Å². The SMILES string of the molecule is O=C(NCc1ccc(F)c(Cl)c1F)c1cn2c(c(O)c1=O)C(=O)N1CCCO[C@]13C1CC1C[C@H]23. The summed E-state index contributed by atoms with van der Waals surface area (Å²) in [6.45, 7) is 0.615. The topological polar surface area (TPSA) is 101 Å². The third-order valence-electron chi connectivity index (χ3n) is 7.53. The smallest absolute Gasteiger partial charge is 0.276 e. The van der Waals surface area contributed by atoms with Crippen LogP contribution in [0.1, 0.15) is 51.7 Å². The lowest BCUT2D eigenvalue weighted by molar-refractivity contribution is -0.202. The minimum Gasteiger partial charge on any atom is -0.503 e. The minimum atomic E-state index is -1.01. The molecule has 2 aliphatic heterocycles. The Bertz CT molecular complexity index is 1330. The summed E-state index contributed by atoms with van der Waals surface area (Å²) in [6, 6.07) is 1.77. The van der Waals surface area contributed by atoms with E-state index in [1.165, 1.54) is 10.8 Å². The van der Waals surface area contributed by atoms with Crippen LogP contribution in [0.4, 0.5) is 8.78 Å². The number of carbonyl (C=O) groups is 2. The minimum absolute atomic E-state index is 0.0710.